The van der Waals surface area contributed by atoms with Gasteiger partial charge in [-0.3, -0.25) is 4.79 Å². The van der Waals surface area contributed by atoms with Crippen molar-refractivity contribution in [1.82, 2.24) is 0 Å². The number of hydrogen-bond acceptors (Lipinski definition) is 1. The summed E-state index contributed by atoms with van der Waals surface area (Å²) in [7, 11) is 0. The van der Waals surface area contributed by atoms with E-state index in [1.807, 2.05) is 6.07 Å². The van der Waals surface area contributed by atoms with Crippen molar-refractivity contribution >= 4 is 17.4 Å². The third-order valence-electron chi connectivity index (χ3n) is 3.95. The Kier molecular flexibility index (Phi) is 4.39. The maximum atomic E-state index is 13.4. The minimum Gasteiger partial charge on any atom is -0.299 e. The first-order valence-electron chi connectivity index (χ1n) is 6.57. The molecule has 1 fully saturated rings. The van der Waals surface area contributed by atoms with Crippen molar-refractivity contribution in [1.29, 1.82) is 0 Å². The lowest BCUT2D eigenvalue weighted by Crippen LogP contribution is -2.26. The van der Waals surface area contributed by atoms with Crippen molar-refractivity contribution in [2.24, 2.45) is 11.8 Å². The van der Waals surface area contributed by atoms with Gasteiger partial charge in [0, 0.05) is 12.3 Å². The van der Waals surface area contributed by atoms with Crippen LogP contribution in [0.2, 0.25) is 5.02 Å². The molecule has 1 nitrogen and oxygen atoms in total. The molecule has 1 aromatic rings. The lowest BCUT2D eigenvalue weighted by Gasteiger charge is -2.27. The average Bonchev–Trinajstić information content (AvgIpc) is 2.37. The quantitative estimate of drug-likeness (QED) is 0.793. The molecule has 0 spiro atoms. The van der Waals surface area contributed by atoms with Crippen LogP contribution in [0.5, 0.6) is 0 Å². The molecule has 2 rings (SSSR count). The number of halogens is 2. The van der Waals surface area contributed by atoms with Crippen LogP contribution in [-0.2, 0) is 11.2 Å². The SMILES string of the molecule is CCC1CCC(=O)C(Cc2cccc(F)c2Cl)C1. The van der Waals surface area contributed by atoms with Gasteiger partial charge < -0.3 is 0 Å². The van der Waals surface area contributed by atoms with Crippen LogP contribution >= 0.6 is 11.6 Å². The van der Waals surface area contributed by atoms with E-state index >= 15 is 0 Å². The number of hydrogen-bond donors (Lipinski definition) is 0. The van der Waals surface area contributed by atoms with E-state index in [9.17, 15) is 9.18 Å². The van der Waals surface area contributed by atoms with Gasteiger partial charge in [-0.1, -0.05) is 37.1 Å². The van der Waals surface area contributed by atoms with Gasteiger partial charge >= 0.3 is 0 Å². The Morgan fingerprint density at radius 2 is 2.22 bits per heavy atom. The highest BCUT2D eigenvalue weighted by Crippen LogP contribution is 2.32. The third kappa shape index (κ3) is 2.92. The molecule has 1 aliphatic rings. The van der Waals surface area contributed by atoms with Gasteiger partial charge in [0.2, 0.25) is 0 Å². The molecule has 2 atom stereocenters. The van der Waals surface area contributed by atoms with E-state index < -0.39 is 5.82 Å². The maximum absolute atomic E-state index is 13.4. The average molecular weight is 269 g/mol. The zero-order valence-corrected chi connectivity index (χ0v) is 11.3. The van der Waals surface area contributed by atoms with Crippen molar-refractivity contribution in [3.05, 3.63) is 34.6 Å². The summed E-state index contributed by atoms with van der Waals surface area (Å²) in [5.41, 5.74) is 0.756. The number of Topliss-reactive ketones (excluding diaryl/α,β-unsaturated/α-hetero) is 1. The zero-order valence-electron chi connectivity index (χ0n) is 10.6. The Balaban J connectivity index is 2.12. The number of carbonyl (C=O) groups is 1. The summed E-state index contributed by atoms with van der Waals surface area (Å²) in [6.07, 6.45) is 4.27. The molecule has 0 amide bonds. The monoisotopic (exact) mass is 268 g/mol. The van der Waals surface area contributed by atoms with E-state index in [-0.39, 0.29) is 10.9 Å². The van der Waals surface area contributed by atoms with Crippen LogP contribution in [0.15, 0.2) is 18.2 Å². The van der Waals surface area contributed by atoms with E-state index in [0.29, 0.717) is 24.5 Å². The predicted molar refractivity (Wildman–Crippen MR) is 71.2 cm³/mol. The number of benzene rings is 1. The minimum absolute atomic E-state index is 0.0167. The van der Waals surface area contributed by atoms with Crippen LogP contribution in [0.4, 0.5) is 4.39 Å². The van der Waals surface area contributed by atoms with Gasteiger partial charge in [-0.15, -0.1) is 0 Å². The molecular formula is C15H18ClFO. The Hall–Kier alpha value is -0.890. The highest BCUT2D eigenvalue weighted by atomic mass is 35.5. The third-order valence-corrected chi connectivity index (χ3v) is 4.37. The highest BCUT2D eigenvalue weighted by molar-refractivity contribution is 6.31. The molecule has 0 N–H and O–H groups in total. The van der Waals surface area contributed by atoms with Gasteiger partial charge in [-0.25, -0.2) is 4.39 Å². The van der Waals surface area contributed by atoms with Gasteiger partial charge in [0.25, 0.3) is 0 Å². The highest BCUT2D eigenvalue weighted by Gasteiger charge is 2.28. The second-order valence-electron chi connectivity index (χ2n) is 5.13. The molecule has 98 valence electrons. The summed E-state index contributed by atoms with van der Waals surface area (Å²) in [6, 6.07) is 4.82. The molecule has 1 aromatic carbocycles. The number of rotatable bonds is 3. The molecule has 0 bridgehead atoms. The van der Waals surface area contributed by atoms with Gasteiger partial charge in [-0.2, -0.15) is 0 Å². The predicted octanol–water partition coefficient (Wildman–Crippen LogP) is 4.42. The normalized spacial score (nSPS) is 24.3. The van der Waals surface area contributed by atoms with Crippen molar-refractivity contribution in [2.45, 2.75) is 39.0 Å². The summed E-state index contributed by atoms with van der Waals surface area (Å²) in [6.45, 7) is 2.16. The smallest absolute Gasteiger partial charge is 0.142 e. The molecule has 0 heterocycles. The van der Waals surface area contributed by atoms with Crippen molar-refractivity contribution in [3.63, 3.8) is 0 Å². The Bertz CT molecular complexity index is 444. The van der Waals surface area contributed by atoms with Gasteiger partial charge in [0.05, 0.1) is 5.02 Å². The summed E-state index contributed by atoms with van der Waals surface area (Å²) in [4.78, 5) is 11.9. The summed E-state index contributed by atoms with van der Waals surface area (Å²) < 4.78 is 13.4. The second kappa shape index (κ2) is 5.83. The summed E-state index contributed by atoms with van der Waals surface area (Å²) >= 11 is 5.94. The lowest BCUT2D eigenvalue weighted by atomic mass is 9.77. The van der Waals surface area contributed by atoms with E-state index in [2.05, 4.69) is 6.92 Å². The number of carbonyl (C=O) groups excluding carboxylic acids is 1. The molecule has 0 saturated heterocycles. The molecule has 0 aliphatic heterocycles. The largest absolute Gasteiger partial charge is 0.299 e. The van der Waals surface area contributed by atoms with Crippen LogP contribution < -0.4 is 0 Å². The zero-order chi connectivity index (χ0) is 13.1. The molecule has 1 saturated carbocycles. The molecule has 3 heteroatoms. The van der Waals surface area contributed by atoms with Crippen LogP contribution in [0, 0.1) is 17.7 Å². The Labute approximate surface area is 112 Å². The second-order valence-corrected chi connectivity index (χ2v) is 5.51. The first kappa shape index (κ1) is 13.5. The van der Waals surface area contributed by atoms with Crippen LogP contribution in [0.1, 0.15) is 38.2 Å². The topological polar surface area (TPSA) is 17.1 Å². The van der Waals surface area contributed by atoms with Crippen LogP contribution in [0.3, 0.4) is 0 Å². The van der Waals surface area contributed by atoms with Crippen LogP contribution in [0.25, 0.3) is 0 Å². The fourth-order valence-corrected chi connectivity index (χ4v) is 2.94. The maximum Gasteiger partial charge on any atom is 0.142 e. The van der Waals surface area contributed by atoms with E-state index in [1.54, 1.807) is 6.07 Å². The van der Waals surface area contributed by atoms with Gasteiger partial charge in [0.15, 0.2) is 0 Å². The van der Waals surface area contributed by atoms with Gasteiger partial charge in [0.1, 0.15) is 11.6 Å². The lowest BCUT2D eigenvalue weighted by molar-refractivity contribution is -0.125. The molecule has 0 aromatic heterocycles. The summed E-state index contributed by atoms with van der Waals surface area (Å²) in [5, 5.41) is 0.170. The number of ketones is 1. The van der Waals surface area contributed by atoms with E-state index in [4.69, 9.17) is 11.6 Å². The van der Waals surface area contributed by atoms with E-state index in [1.165, 1.54) is 6.07 Å². The standard InChI is InChI=1S/C15H18ClFO/c1-2-10-6-7-14(18)12(8-10)9-11-4-3-5-13(17)15(11)16/h3-5,10,12H,2,6-9H2,1H3. The first-order chi connectivity index (χ1) is 8.61. The van der Waals surface area contributed by atoms with Crippen molar-refractivity contribution in [2.75, 3.05) is 0 Å². The van der Waals surface area contributed by atoms with E-state index in [0.717, 1.165) is 24.8 Å². The minimum atomic E-state index is -0.399. The first-order valence-corrected chi connectivity index (χ1v) is 6.95. The molecule has 1 aliphatic carbocycles. The Morgan fingerprint density at radius 1 is 1.44 bits per heavy atom. The van der Waals surface area contributed by atoms with Crippen molar-refractivity contribution < 1.29 is 9.18 Å². The van der Waals surface area contributed by atoms with Crippen LogP contribution in [-0.4, -0.2) is 5.78 Å². The molecule has 0 radical (unpaired) electrons. The molecule has 2 unspecified atom stereocenters. The Morgan fingerprint density at radius 3 is 2.94 bits per heavy atom. The molecule has 18 heavy (non-hydrogen) atoms. The fraction of sp³-hybridized carbons (Fsp3) is 0.533. The van der Waals surface area contributed by atoms with Crippen molar-refractivity contribution in [3.8, 4) is 0 Å². The fourth-order valence-electron chi connectivity index (χ4n) is 2.74. The summed E-state index contributed by atoms with van der Waals surface area (Å²) in [5.74, 6) is 0.549. The van der Waals surface area contributed by atoms with Gasteiger partial charge in [-0.05, 0) is 36.8 Å². The molecular weight excluding hydrogens is 251 g/mol.